The fourth-order valence-electron chi connectivity index (χ4n) is 2.51. The van der Waals surface area contributed by atoms with Crippen LogP contribution in [0.5, 0.6) is 0 Å². The lowest BCUT2D eigenvalue weighted by Crippen LogP contribution is -2.51. The van der Waals surface area contributed by atoms with E-state index in [1.807, 2.05) is 24.1 Å². The molecule has 1 atom stereocenters. The molecule has 0 spiro atoms. The van der Waals surface area contributed by atoms with Crippen LogP contribution >= 0.6 is 11.6 Å². The molecule has 1 aliphatic rings. The summed E-state index contributed by atoms with van der Waals surface area (Å²) in [6.07, 6.45) is 3.75. The summed E-state index contributed by atoms with van der Waals surface area (Å²) >= 11 is 5.87. The van der Waals surface area contributed by atoms with E-state index in [0.29, 0.717) is 5.02 Å². The van der Waals surface area contributed by atoms with Gasteiger partial charge in [0.05, 0.1) is 11.1 Å². The molecule has 1 fully saturated rings. The van der Waals surface area contributed by atoms with Crippen LogP contribution in [0.1, 0.15) is 12.8 Å². The van der Waals surface area contributed by atoms with Crippen LogP contribution in [-0.2, 0) is 0 Å². The van der Waals surface area contributed by atoms with Gasteiger partial charge in [0.1, 0.15) is 5.82 Å². The minimum atomic E-state index is 0.0425. The number of anilines is 1. The summed E-state index contributed by atoms with van der Waals surface area (Å²) in [5.74, 6) is 0.921. The van der Waals surface area contributed by atoms with Crippen molar-refractivity contribution in [2.24, 2.45) is 0 Å². The molecule has 2 amide bonds. The zero-order chi connectivity index (χ0) is 14.7. The zero-order valence-electron chi connectivity index (χ0n) is 12.2. The van der Waals surface area contributed by atoms with E-state index in [4.69, 9.17) is 11.6 Å². The van der Waals surface area contributed by atoms with Crippen molar-refractivity contribution in [2.75, 3.05) is 39.1 Å². The van der Waals surface area contributed by atoms with E-state index in [1.165, 1.54) is 0 Å². The third-order valence-corrected chi connectivity index (χ3v) is 3.89. The number of rotatable bonds is 2. The summed E-state index contributed by atoms with van der Waals surface area (Å²) in [5, 5.41) is 0.641. The Morgan fingerprint density at radius 2 is 2.15 bits per heavy atom. The normalized spacial score (nSPS) is 18.8. The number of urea groups is 1. The topological polar surface area (TPSA) is 39.7 Å². The Labute approximate surface area is 125 Å². The molecule has 1 aromatic heterocycles. The Kier molecular flexibility index (Phi) is 4.70. The van der Waals surface area contributed by atoms with Gasteiger partial charge in [-0.1, -0.05) is 11.6 Å². The molecule has 6 heteroatoms. The number of aromatic nitrogens is 1. The Hall–Kier alpha value is -1.49. The molecule has 1 aromatic rings. The number of carbonyl (C=O) groups is 1. The number of piperidine rings is 1. The first-order valence-corrected chi connectivity index (χ1v) is 7.17. The number of hydrogen-bond donors (Lipinski definition) is 0. The average Bonchev–Trinajstić information content (AvgIpc) is 2.46. The first kappa shape index (κ1) is 14.9. The van der Waals surface area contributed by atoms with Crippen molar-refractivity contribution in [3.8, 4) is 0 Å². The number of halogens is 1. The highest BCUT2D eigenvalue weighted by atomic mass is 35.5. The van der Waals surface area contributed by atoms with E-state index >= 15 is 0 Å². The molecule has 2 heterocycles. The Morgan fingerprint density at radius 1 is 1.40 bits per heavy atom. The summed E-state index contributed by atoms with van der Waals surface area (Å²) < 4.78 is 0. The van der Waals surface area contributed by atoms with Gasteiger partial charge in [-0.2, -0.15) is 0 Å². The maximum atomic E-state index is 12.0. The number of carbonyl (C=O) groups excluding carboxylic acids is 1. The van der Waals surface area contributed by atoms with E-state index in [0.717, 1.165) is 31.7 Å². The molecule has 2 rings (SSSR count). The summed E-state index contributed by atoms with van der Waals surface area (Å²) in [4.78, 5) is 22.0. The predicted molar refractivity (Wildman–Crippen MR) is 81.3 cm³/mol. The lowest BCUT2D eigenvalue weighted by molar-refractivity contribution is 0.157. The molecular formula is C14H21ClN4O. The fourth-order valence-corrected chi connectivity index (χ4v) is 2.62. The summed E-state index contributed by atoms with van der Waals surface area (Å²) in [6, 6.07) is 4.04. The first-order chi connectivity index (χ1) is 9.49. The molecule has 0 saturated carbocycles. The monoisotopic (exact) mass is 296 g/mol. The van der Waals surface area contributed by atoms with Gasteiger partial charge in [-0.15, -0.1) is 0 Å². The molecule has 20 heavy (non-hydrogen) atoms. The van der Waals surface area contributed by atoms with Gasteiger partial charge < -0.3 is 14.7 Å². The fraction of sp³-hybridized carbons (Fsp3) is 0.571. The molecule has 0 aliphatic carbocycles. The Bertz CT molecular complexity index is 463. The van der Waals surface area contributed by atoms with Crippen molar-refractivity contribution < 1.29 is 4.79 Å². The molecule has 0 radical (unpaired) electrons. The molecule has 0 aromatic carbocycles. The number of hydrogen-bond acceptors (Lipinski definition) is 3. The quantitative estimate of drug-likeness (QED) is 0.841. The van der Waals surface area contributed by atoms with Gasteiger partial charge in [0.15, 0.2) is 0 Å². The highest BCUT2D eigenvalue weighted by molar-refractivity contribution is 6.30. The van der Waals surface area contributed by atoms with Crippen molar-refractivity contribution >= 4 is 23.4 Å². The van der Waals surface area contributed by atoms with Crippen LogP contribution in [0.15, 0.2) is 18.3 Å². The first-order valence-electron chi connectivity index (χ1n) is 6.79. The maximum absolute atomic E-state index is 12.0. The molecule has 0 N–H and O–H groups in total. The third-order valence-electron chi connectivity index (χ3n) is 3.66. The van der Waals surface area contributed by atoms with Crippen LogP contribution in [0.4, 0.5) is 10.6 Å². The number of likely N-dealkylation sites (N-methyl/N-ethyl adjacent to an activating group) is 1. The molecular weight excluding hydrogens is 276 g/mol. The second-order valence-corrected chi connectivity index (χ2v) is 5.80. The summed E-state index contributed by atoms with van der Waals surface area (Å²) in [5.41, 5.74) is 0. The second-order valence-electron chi connectivity index (χ2n) is 5.36. The molecule has 0 bridgehead atoms. The van der Waals surface area contributed by atoms with Crippen LogP contribution in [0, 0.1) is 0 Å². The summed E-state index contributed by atoms with van der Waals surface area (Å²) in [6.45, 7) is 1.78. The van der Waals surface area contributed by atoms with E-state index in [-0.39, 0.29) is 12.1 Å². The van der Waals surface area contributed by atoms with Crippen molar-refractivity contribution in [2.45, 2.75) is 18.9 Å². The minimum absolute atomic E-state index is 0.0425. The highest BCUT2D eigenvalue weighted by Crippen LogP contribution is 2.21. The van der Waals surface area contributed by atoms with Crippen LogP contribution in [0.3, 0.4) is 0 Å². The van der Waals surface area contributed by atoms with Gasteiger partial charge in [0, 0.05) is 40.4 Å². The van der Waals surface area contributed by atoms with Crippen LogP contribution in [0.25, 0.3) is 0 Å². The smallest absolute Gasteiger partial charge is 0.319 e. The third kappa shape index (κ3) is 3.33. The van der Waals surface area contributed by atoms with E-state index in [1.54, 1.807) is 25.2 Å². The zero-order valence-corrected chi connectivity index (χ0v) is 13.0. The minimum Gasteiger partial charge on any atom is -0.355 e. The number of pyridine rings is 1. The molecule has 1 unspecified atom stereocenters. The van der Waals surface area contributed by atoms with Crippen molar-refractivity contribution in [3.05, 3.63) is 23.4 Å². The maximum Gasteiger partial charge on any atom is 0.319 e. The van der Waals surface area contributed by atoms with E-state index in [9.17, 15) is 4.79 Å². The van der Waals surface area contributed by atoms with Gasteiger partial charge in [-0.05, 0) is 25.0 Å². The van der Waals surface area contributed by atoms with Gasteiger partial charge >= 0.3 is 6.03 Å². The average molecular weight is 297 g/mol. The van der Waals surface area contributed by atoms with Crippen LogP contribution in [-0.4, -0.2) is 61.1 Å². The summed E-state index contributed by atoms with van der Waals surface area (Å²) in [7, 11) is 5.42. The van der Waals surface area contributed by atoms with Crippen molar-refractivity contribution in [1.82, 2.24) is 14.8 Å². The van der Waals surface area contributed by atoms with Crippen molar-refractivity contribution in [3.63, 3.8) is 0 Å². The van der Waals surface area contributed by atoms with Gasteiger partial charge in [0.2, 0.25) is 0 Å². The molecule has 5 nitrogen and oxygen atoms in total. The SMILES string of the molecule is CN(C)C(=O)N(C)C1CCCN(c2ccc(Cl)cn2)C1. The van der Waals surface area contributed by atoms with Crippen LogP contribution < -0.4 is 4.90 Å². The van der Waals surface area contributed by atoms with Gasteiger partial charge in [-0.25, -0.2) is 9.78 Å². The van der Waals surface area contributed by atoms with Crippen molar-refractivity contribution in [1.29, 1.82) is 0 Å². The molecule has 110 valence electrons. The van der Waals surface area contributed by atoms with E-state index < -0.39 is 0 Å². The second kappa shape index (κ2) is 6.31. The number of amides is 2. The predicted octanol–water partition coefficient (Wildman–Crippen LogP) is 2.32. The molecule has 1 aliphatic heterocycles. The highest BCUT2D eigenvalue weighted by Gasteiger charge is 2.27. The molecule has 1 saturated heterocycles. The Morgan fingerprint density at radius 3 is 2.75 bits per heavy atom. The largest absolute Gasteiger partial charge is 0.355 e. The lowest BCUT2D eigenvalue weighted by atomic mass is 10.0. The Balaban J connectivity index is 2.05. The van der Waals surface area contributed by atoms with Gasteiger partial charge in [-0.3, -0.25) is 0 Å². The van der Waals surface area contributed by atoms with E-state index in [2.05, 4.69) is 9.88 Å². The lowest BCUT2D eigenvalue weighted by Gasteiger charge is -2.39. The number of nitrogens with zero attached hydrogens (tertiary/aromatic N) is 4. The standard InChI is InChI=1S/C14H21ClN4O/c1-17(2)14(20)18(3)12-5-4-8-19(10-12)13-7-6-11(15)9-16-13/h6-7,9,12H,4-5,8,10H2,1-3H3. The van der Waals surface area contributed by atoms with Gasteiger partial charge in [0.25, 0.3) is 0 Å². The van der Waals surface area contributed by atoms with Crippen LogP contribution in [0.2, 0.25) is 5.02 Å².